The first-order valence-electron chi connectivity index (χ1n) is 7.60. The first-order valence-corrected chi connectivity index (χ1v) is 7.60. The highest BCUT2D eigenvalue weighted by Crippen LogP contribution is 2.20. The fourth-order valence-corrected chi connectivity index (χ4v) is 2.49. The zero-order valence-electron chi connectivity index (χ0n) is 13.6. The summed E-state index contributed by atoms with van der Waals surface area (Å²) in [4.78, 5) is 6.68. The third-order valence-corrected chi connectivity index (χ3v) is 3.54. The van der Waals surface area contributed by atoms with Gasteiger partial charge in [-0.15, -0.1) is 0 Å². The van der Waals surface area contributed by atoms with Crippen molar-refractivity contribution in [3.8, 4) is 11.6 Å². The first-order chi connectivity index (χ1) is 10.8. The quantitative estimate of drug-likeness (QED) is 0.747. The summed E-state index contributed by atoms with van der Waals surface area (Å²) in [5.41, 5.74) is 2.39. The molecular weight excluding hydrogens is 276 g/mol. The van der Waals surface area contributed by atoms with Gasteiger partial charge in [-0.05, 0) is 24.6 Å². The molecule has 0 atom stereocenters. The van der Waals surface area contributed by atoms with E-state index in [4.69, 9.17) is 9.47 Å². The zero-order valence-corrected chi connectivity index (χ0v) is 13.6. The number of para-hydroxylation sites is 1. The molecule has 1 aromatic carbocycles. The molecule has 2 aromatic rings. The van der Waals surface area contributed by atoms with Crippen LogP contribution in [-0.4, -0.2) is 30.6 Å². The Kier molecular flexibility index (Phi) is 6.22. The predicted octanol–water partition coefficient (Wildman–Crippen LogP) is 3.51. The van der Waals surface area contributed by atoms with Crippen LogP contribution in [0.4, 0.5) is 0 Å². The van der Waals surface area contributed by atoms with Crippen molar-refractivity contribution in [2.45, 2.75) is 26.4 Å². The number of pyridine rings is 1. The third-order valence-electron chi connectivity index (χ3n) is 3.54. The van der Waals surface area contributed by atoms with Gasteiger partial charge in [0, 0.05) is 30.9 Å². The Morgan fingerprint density at radius 3 is 2.45 bits per heavy atom. The van der Waals surface area contributed by atoms with Crippen LogP contribution in [0, 0.1) is 0 Å². The normalized spacial score (nSPS) is 10.7. The highest BCUT2D eigenvalue weighted by Gasteiger charge is 2.10. The number of nitrogens with zero attached hydrogens (tertiary/aromatic N) is 2. The number of benzene rings is 1. The van der Waals surface area contributed by atoms with Crippen molar-refractivity contribution in [3.05, 3.63) is 53.7 Å². The minimum Gasteiger partial charge on any atom is -0.496 e. The average molecular weight is 300 g/mol. The lowest BCUT2D eigenvalue weighted by Crippen LogP contribution is -2.24. The van der Waals surface area contributed by atoms with E-state index < -0.39 is 0 Å². The second-order valence-corrected chi connectivity index (χ2v) is 5.23. The summed E-state index contributed by atoms with van der Waals surface area (Å²) in [7, 11) is 3.35. The average Bonchev–Trinajstić information content (AvgIpc) is 2.56. The minimum atomic E-state index is 0.649. The molecule has 0 aliphatic heterocycles. The van der Waals surface area contributed by atoms with Crippen LogP contribution in [0.5, 0.6) is 11.6 Å². The van der Waals surface area contributed by atoms with Crippen LogP contribution in [0.2, 0.25) is 0 Å². The van der Waals surface area contributed by atoms with E-state index in [1.807, 2.05) is 24.4 Å². The van der Waals surface area contributed by atoms with Crippen molar-refractivity contribution in [2.24, 2.45) is 0 Å². The van der Waals surface area contributed by atoms with E-state index in [0.29, 0.717) is 5.88 Å². The Bertz CT molecular complexity index is 570. The highest BCUT2D eigenvalue weighted by atomic mass is 16.5. The molecule has 22 heavy (non-hydrogen) atoms. The van der Waals surface area contributed by atoms with Gasteiger partial charge in [0.25, 0.3) is 0 Å². The van der Waals surface area contributed by atoms with Gasteiger partial charge in [0.05, 0.1) is 14.2 Å². The van der Waals surface area contributed by atoms with Gasteiger partial charge in [0.15, 0.2) is 0 Å². The summed E-state index contributed by atoms with van der Waals surface area (Å²) in [6.07, 6.45) is 2.99. The summed E-state index contributed by atoms with van der Waals surface area (Å²) >= 11 is 0. The Balaban J connectivity index is 2.08. The Morgan fingerprint density at radius 2 is 1.82 bits per heavy atom. The monoisotopic (exact) mass is 300 g/mol. The minimum absolute atomic E-state index is 0.649. The SMILES string of the molecule is CCCN(Cc1ccc(OC)nc1)Cc1ccccc1OC. The van der Waals surface area contributed by atoms with E-state index in [1.165, 1.54) is 11.1 Å². The molecule has 2 rings (SSSR count). The smallest absolute Gasteiger partial charge is 0.212 e. The maximum Gasteiger partial charge on any atom is 0.212 e. The van der Waals surface area contributed by atoms with Crippen molar-refractivity contribution in [3.63, 3.8) is 0 Å². The van der Waals surface area contributed by atoms with E-state index in [9.17, 15) is 0 Å². The van der Waals surface area contributed by atoms with E-state index in [0.717, 1.165) is 31.8 Å². The largest absolute Gasteiger partial charge is 0.496 e. The van der Waals surface area contributed by atoms with Crippen LogP contribution < -0.4 is 9.47 Å². The second kappa shape index (κ2) is 8.39. The van der Waals surface area contributed by atoms with Crippen LogP contribution in [-0.2, 0) is 13.1 Å². The molecule has 0 saturated heterocycles. The van der Waals surface area contributed by atoms with Crippen molar-refractivity contribution in [1.29, 1.82) is 0 Å². The van der Waals surface area contributed by atoms with E-state index in [2.05, 4.69) is 35.0 Å². The second-order valence-electron chi connectivity index (χ2n) is 5.23. The maximum atomic E-state index is 5.45. The van der Waals surface area contributed by atoms with Crippen LogP contribution in [0.3, 0.4) is 0 Å². The summed E-state index contributed by atoms with van der Waals surface area (Å²) < 4.78 is 10.6. The predicted molar refractivity (Wildman–Crippen MR) is 88.2 cm³/mol. The Labute approximate surface area is 132 Å². The van der Waals surface area contributed by atoms with Crippen molar-refractivity contribution in [2.75, 3.05) is 20.8 Å². The number of hydrogen-bond acceptors (Lipinski definition) is 4. The topological polar surface area (TPSA) is 34.6 Å². The Morgan fingerprint density at radius 1 is 1.00 bits per heavy atom. The molecule has 0 fully saturated rings. The molecule has 0 N–H and O–H groups in total. The summed E-state index contributed by atoms with van der Waals surface area (Å²) in [6, 6.07) is 12.2. The molecule has 0 spiro atoms. The molecule has 4 heteroatoms. The highest BCUT2D eigenvalue weighted by molar-refractivity contribution is 5.33. The molecule has 0 aliphatic rings. The molecule has 0 bridgehead atoms. The molecule has 1 aromatic heterocycles. The van der Waals surface area contributed by atoms with Gasteiger partial charge in [-0.25, -0.2) is 4.98 Å². The number of aromatic nitrogens is 1. The fraction of sp³-hybridized carbons (Fsp3) is 0.389. The summed E-state index contributed by atoms with van der Waals surface area (Å²) in [6.45, 7) is 4.96. The summed E-state index contributed by atoms with van der Waals surface area (Å²) in [5, 5.41) is 0. The lowest BCUT2D eigenvalue weighted by molar-refractivity contribution is 0.252. The van der Waals surface area contributed by atoms with Crippen molar-refractivity contribution < 1.29 is 9.47 Å². The first kappa shape index (κ1) is 16.3. The number of rotatable bonds is 8. The molecule has 0 aliphatic carbocycles. The number of ether oxygens (including phenoxy) is 2. The molecular formula is C18H24N2O2. The zero-order chi connectivity index (χ0) is 15.8. The van der Waals surface area contributed by atoms with Gasteiger partial charge in [-0.2, -0.15) is 0 Å². The van der Waals surface area contributed by atoms with E-state index >= 15 is 0 Å². The molecule has 0 amide bonds. The van der Waals surface area contributed by atoms with Crippen molar-refractivity contribution in [1.82, 2.24) is 9.88 Å². The van der Waals surface area contributed by atoms with Gasteiger partial charge in [0.2, 0.25) is 5.88 Å². The van der Waals surface area contributed by atoms with Gasteiger partial charge in [-0.1, -0.05) is 31.2 Å². The molecule has 118 valence electrons. The Hall–Kier alpha value is -2.07. The fourth-order valence-electron chi connectivity index (χ4n) is 2.49. The molecule has 4 nitrogen and oxygen atoms in total. The summed E-state index contributed by atoms with van der Waals surface area (Å²) in [5.74, 6) is 1.59. The molecule has 0 unspecified atom stereocenters. The van der Waals surface area contributed by atoms with E-state index in [-0.39, 0.29) is 0 Å². The lowest BCUT2D eigenvalue weighted by atomic mass is 10.1. The third kappa shape index (κ3) is 4.46. The van der Waals surface area contributed by atoms with Crippen LogP contribution >= 0.6 is 0 Å². The van der Waals surface area contributed by atoms with Gasteiger partial charge in [0.1, 0.15) is 5.75 Å². The van der Waals surface area contributed by atoms with Gasteiger partial charge < -0.3 is 9.47 Å². The lowest BCUT2D eigenvalue weighted by Gasteiger charge is -2.23. The maximum absolute atomic E-state index is 5.45. The van der Waals surface area contributed by atoms with Crippen LogP contribution in [0.15, 0.2) is 42.6 Å². The standard InChI is InChI=1S/C18H24N2O2/c1-4-11-20(13-15-9-10-18(22-3)19-12-15)14-16-7-5-6-8-17(16)21-2/h5-10,12H,4,11,13-14H2,1-3H3. The van der Waals surface area contributed by atoms with Crippen LogP contribution in [0.1, 0.15) is 24.5 Å². The van der Waals surface area contributed by atoms with Crippen molar-refractivity contribution >= 4 is 0 Å². The van der Waals surface area contributed by atoms with Gasteiger partial charge >= 0.3 is 0 Å². The number of hydrogen-bond donors (Lipinski definition) is 0. The molecule has 0 saturated carbocycles. The van der Waals surface area contributed by atoms with Gasteiger partial charge in [-0.3, -0.25) is 4.90 Å². The molecule has 1 heterocycles. The van der Waals surface area contributed by atoms with E-state index in [1.54, 1.807) is 14.2 Å². The number of methoxy groups -OCH3 is 2. The van der Waals surface area contributed by atoms with Crippen LogP contribution in [0.25, 0.3) is 0 Å². The molecule has 0 radical (unpaired) electrons.